The van der Waals surface area contributed by atoms with Crippen molar-refractivity contribution in [2.24, 2.45) is 0 Å². The van der Waals surface area contributed by atoms with Gasteiger partial charge >= 0.3 is 0 Å². The number of hydrogen-bond acceptors (Lipinski definition) is 3. The van der Waals surface area contributed by atoms with E-state index in [0.29, 0.717) is 11.3 Å². The number of nitrogens with zero attached hydrogens (tertiary/aromatic N) is 3. The SMILES string of the molecule is Cc1[nH]n2c(-c3ccccc3)nnc2c1N. The van der Waals surface area contributed by atoms with Crippen LogP contribution < -0.4 is 5.73 Å². The number of aryl methyl sites for hydroxylation is 1. The van der Waals surface area contributed by atoms with Crippen LogP contribution in [0.3, 0.4) is 0 Å². The Labute approximate surface area is 91.9 Å². The second-order valence-electron chi connectivity index (χ2n) is 3.70. The van der Waals surface area contributed by atoms with Crippen molar-refractivity contribution in [2.75, 3.05) is 5.73 Å². The van der Waals surface area contributed by atoms with Gasteiger partial charge in [-0.25, -0.2) is 4.52 Å². The number of anilines is 1. The van der Waals surface area contributed by atoms with Gasteiger partial charge in [0.25, 0.3) is 0 Å². The maximum absolute atomic E-state index is 5.88. The first-order valence-electron chi connectivity index (χ1n) is 5.02. The summed E-state index contributed by atoms with van der Waals surface area (Å²) in [7, 11) is 0. The lowest BCUT2D eigenvalue weighted by Crippen LogP contribution is -1.90. The van der Waals surface area contributed by atoms with Gasteiger partial charge in [-0.05, 0) is 6.92 Å². The molecule has 3 aromatic rings. The maximum atomic E-state index is 5.88. The molecule has 0 spiro atoms. The summed E-state index contributed by atoms with van der Waals surface area (Å²) >= 11 is 0. The van der Waals surface area contributed by atoms with Gasteiger partial charge in [-0.1, -0.05) is 30.3 Å². The lowest BCUT2D eigenvalue weighted by molar-refractivity contribution is 0.939. The fraction of sp³-hybridized carbons (Fsp3) is 0.0909. The Morgan fingerprint density at radius 2 is 1.94 bits per heavy atom. The fourth-order valence-corrected chi connectivity index (χ4v) is 1.73. The number of aromatic amines is 1. The van der Waals surface area contributed by atoms with Crippen molar-refractivity contribution in [1.82, 2.24) is 19.8 Å². The van der Waals surface area contributed by atoms with Crippen molar-refractivity contribution >= 4 is 11.3 Å². The molecule has 0 saturated heterocycles. The van der Waals surface area contributed by atoms with Crippen LogP contribution in [0.1, 0.15) is 5.69 Å². The molecule has 0 aliphatic heterocycles. The predicted octanol–water partition coefficient (Wildman–Crippen LogP) is 1.62. The number of benzene rings is 1. The molecule has 2 heterocycles. The molecule has 80 valence electrons. The minimum Gasteiger partial charge on any atom is -0.394 e. The quantitative estimate of drug-likeness (QED) is 0.645. The number of aromatic nitrogens is 4. The molecule has 0 atom stereocenters. The number of nitrogens with one attached hydrogen (secondary N) is 1. The van der Waals surface area contributed by atoms with Gasteiger partial charge in [0.2, 0.25) is 5.65 Å². The van der Waals surface area contributed by atoms with E-state index in [1.807, 2.05) is 37.3 Å². The zero-order valence-corrected chi connectivity index (χ0v) is 8.81. The van der Waals surface area contributed by atoms with E-state index in [2.05, 4.69) is 15.3 Å². The lowest BCUT2D eigenvalue weighted by Gasteiger charge is -1.95. The second kappa shape index (κ2) is 3.10. The van der Waals surface area contributed by atoms with Crippen LogP contribution in [-0.4, -0.2) is 19.8 Å². The summed E-state index contributed by atoms with van der Waals surface area (Å²) < 4.78 is 1.81. The molecular formula is C11H11N5. The van der Waals surface area contributed by atoms with Gasteiger partial charge in [-0.2, -0.15) is 0 Å². The summed E-state index contributed by atoms with van der Waals surface area (Å²) in [5, 5.41) is 11.3. The predicted molar refractivity (Wildman–Crippen MR) is 61.9 cm³/mol. The maximum Gasteiger partial charge on any atom is 0.201 e. The molecule has 2 aromatic heterocycles. The minimum atomic E-state index is 0.648. The Kier molecular flexibility index (Phi) is 1.73. The van der Waals surface area contributed by atoms with Crippen LogP contribution in [-0.2, 0) is 0 Å². The highest BCUT2D eigenvalue weighted by Gasteiger charge is 2.13. The van der Waals surface area contributed by atoms with Crippen LogP contribution >= 0.6 is 0 Å². The van der Waals surface area contributed by atoms with E-state index >= 15 is 0 Å². The van der Waals surface area contributed by atoms with Crippen molar-refractivity contribution in [3.8, 4) is 11.4 Å². The Morgan fingerprint density at radius 3 is 2.69 bits per heavy atom. The highest BCUT2D eigenvalue weighted by molar-refractivity contribution is 5.70. The van der Waals surface area contributed by atoms with Crippen molar-refractivity contribution < 1.29 is 0 Å². The van der Waals surface area contributed by atoms with Crippen molar-refractivity contribution in [3.05, 3.63) is 36.0 Å². The smallest absolute Gasteiger partial charge is 0.201 e. The third-order valence-corrected chi connectivity index (χ3v) is 2.62. The van der Waals surface area contributed by atoms with Gasteiger partial charge in [0.1, 0.15) is 0 Å². The summed E-state index contributed by atoms with van der Waals surface area (Å²) in [6.07, 6.45) is 0. The molecule has 5 nitrogen and oxygen atoms in total. The van der Waals surface area contributed by atoms with Gasteiger partial charge in [0.05, 0.1) is 11.4 Å². The van der Waals surface area contributed by atoms with E-state index in [9.17, 15) is 0 Å². The molecule has 16 heavy (non-hydrogen) atoms. The number of nitrogen functional groups attached to an aromatic ring is 1. The van der Waals surface area contributed by atoms with Gasteiger partial charge < -0.3 is 5.73 Å². The summed E-state index contributed by atoms with van der Waals surface area (Å²) in [6, 6.07) is 9.88. The van der Waals surface area contributed by atoms with Crippen molar-refractivity contribution in [1.29, 1.82) is 0 Å². The first-order valence-corrected chi connectivity index (χ1v) is 5.02. The monoisotopic (exact) mass is 213 g/mol. The van der Waals surface area contributed by atoms with E-state index < -0.39 is 0 Å². The van der Waals surface area contributed by atoms with Crippen LogP contribution in [0.4, 0.5) is 5.69 Å². The molecule has 0 bridgehead atoms. The molecule has 0 aliphatic carbocycles. The van der Waals surface area contributed by atoms with E-state index in [4.69, 9.17) is 5.73 Å². The van der Waals surface area contributed by atoms with E-state index in [0.717, 1.165) is 17.1 Å². The van der Waals surface area contributed by atoms with Gasteiger partial charge in [-0.15, -0.1) is 10.2 Å². The topological polar surface area (TPSA) is 72.0 Å². The number of H-pyrrole nitrogens is 1. The average Bonchev–Trinajstić information content (AvgIpc) is 2.83. The molecule has 3 rings (SSSR count). The van der Waals surface area contributed by atoms with Crippen molar-refractivity contribution in [3.63, 3.8) is 0 Å². The Morgan fingerprint density at radius 1 is 1.19 bits per heavy atom. The number of hydrogen-bond donors (Lipinski definition) is 2. The first-order chi connectivity index (χ1) is 7.77. The fourth-order valence-electron chi connectivity index (χ4n) is 1.73. The normalized spacial score (nSPS) is 11.1. The molecule has 3 N–H and O–H groups in total. The molecule has 0 radical (unpaired) electrons. The largest absolute Gasteiger partial charge is 0.394 e. The first kappa shape index (κ1) is 8.96. The third-order valence-electron chi connectivity index (χ3n) is 2.62. The Bertz CT molecular complexity index is 635. The van der Waals surface area contributed by atoms with Gasteiger partial charge in [-0.3, -0.25) is 5.10 Å². The van der Waals surface area contributed by atoms with Crippen LogP contribution in [0.5, 0.6) is 0 Å². The second-order valence-corrected chi connectivity index (χ2v) is 3.70. The van der Waals surface area contributed by atoms with Gasteiger partial charge in [0.15, 0.2) is 5.82 Å². The Balaban J connectivity index is 2.29. The summed E-state index contributed by atoms with van der Waals surface area (Å²) in [6.45, 7) is 1.92. The molecule has 5 heteroatoms. The highest BCUT2D eigenvalue weighted by Crippen LogP contribution is 2.22. The molecule has 0 amide bonds. The number of rotatable bonds is 1. The summed E-state index contributed by atoms with van der Waals surface area (Å²) in [5.41, 5.74) is 9.12. The lowest BCUT2D eigenvalue weighted by atomic mass is 10.2. The standard InChI is InChI=1S/C11H11N5/c1-7-9(12)11-14-13-10(16(11)15-7)8-5-3-2-4-6-8/h2-6,15H,12H2,1H3. The molecule has 1 aromatic carbocycles. The zero-order valence-electron chi connectivity index (χ0n) is 8.81. The number of fused-ring (bicyclic) bond motifs is 1. The molecule has 0 unspecified atom stereocenters. The van der Waals surface area contributed by atoms with E-state index in [1.165, 1.54) is 0 Å². The van der Waals surface area contributed by atoms with Crippen LogP contribution in [0, 0.1) is 6.92 Å². The van der Waals surface area contributed by atoms with Crippen LogP contribution in [0.15, 0.2) is 30.3 Å². The third kappa shape index (κ3) is 1.11. The molecular weight excluding hydrogens is 202 g/mol. The zero-order chi connectivity index (χ0) is 11.1. The molecule has 0 fully saturated rings. The molecule has 0 saturated carbocycles. The summed E-state index contributed by atoms with van der Waals surface area (Å²) in [5.74, 6) is 0.774. The Hall–Kier alpha value is -2.30. The van der Waals surface area contributed by atoms with Crippen LogP contribution in [0.25, 0.3) is 17.0 Å². The van der Waals surface area contributed by atoms with E-state index in [1.54, 1.807) is 4.52 Å². The van der Waals surface area contributed by atoms with Crippen LogP contribution in [0.2, 0.25) is 0 Å². The average molecular weight is 213 g/mol. The number of nitrogens with two attached hydrogens (primary N) is 1. The minimum absolute atomic E-state index is 0.648. The van der Waals surface area contributed by atoms with E-state index in [-0.39, 0.29) is 0 Å². The molecule has 0 aliphatic rings. The highest BCUT2D eigenvalue weighted by atomic mass is 15.4. The van der Waals surface area contributed by atoms with Crippen molar-refractivity contribution in [2.45, 2.75) is 6.92 Å². The summed E-state index contributed by atoms with van der Waals surface area (Å²) in [4.78, 5) is 0. The van der Waals surface area contributed by atoms with Gasteiger partial charge in [0, 0.05) is 5.56 Å².